The van der Waals surface area contributed by atoms with Crippen LogP contribution in [0.4, 0.5) is 5.69 Å². The molecule has 3 N–H and O–H groups in total. The van der Waals surface area contributed by atoms with Gasteiger partial charge >= 0.3 is 0 Å². The third-order valence-electron chi connectivity index (χ3n) is 3.39. The number of benzene rings is 2. The van der Waals surface area contributed by atoms with Crippen LogP contribution in [0.5, 0.6) is 5.75 Å². The molecule has 0 aliphatic heterocycles. The summed E-state index contributed by atoms with van der Waals surface area (Å²) in [6.45, 7) is -0.0986. The van der Waals surface area contributed by atoms with E-state index in [0.717, 1.165) is 0 Å². The zero-order valence-electron chi connectivity index (χ0n) is 13.2. The van der Waals surface area contributed by atoms with E-state index in [4.69, 9.17) is 14.9 Å². The maximum absolute atomic E-state index is 12.0. The van der Waals surface area contributed by atoms with Gasteiger partial charge in [0.05, 0.1) is 11.9 Å². The van der Waals surface area contributed by atoms with Crippen LogP contribution in [0.3, 0.4) is 0 Å². The molecule has 1 aromatic heterocycles. The molecule has 0 fully saturated rings. The first-order valence-electron chi connectivity index (χ1n) is 7.41. The lowest BCUT2D eigenvalue weighted by atomic mass is 10.2. The summed E-state index contributed by atoms with van der Waals surface area (Å²) >= 11 is 0. The van der Waals surface area contributed by atoms with E-state index in [1.54, 1.807) is 30.3 Å². The van der Waals surface area contributed by atoms with Gasteiger partial charge in [-0.25, -0.2) is 0 Å². The molecule has 6 nitrogen and oxygen atoms in total. The highest BCUT2D eigenvalue weighted by atomic mass is 35.5. The highest BCUT2D eigenvalue weighted by Crippen LogP contribution is 2.24. The first kappa shape index (κ1) is 18.5. The molecule has 0 atom stereocenters. The van der Waals surface area contributed by atoms with Crippen LogP contribution in [-0.4, -0.2) is 12.5 Å². The van der Waals surface area contributed by atoms with Gasteiger partial charge in [-0.05, 0) is 24.3 Å². The van der Waals surface area contributed by atoms with Gasteiger partial charge in [0.1, 0.15) is 5.76 Å². The molecule has 7 heteroatoms. The molecule has 130 valence electrons. The van der Waals surface area contributed by atoms with Gasteiger partial charge < -0.3 is 20.2 Å². The van der Waals surface area contributed by atoms with Gasteiger partial charge in [-0.3, -0.25) is 9.59 Å². The number of ether oxygens (including phenoxy) is 1. The van der Waals surface area contributed by atoms with Gasteiger partial charge in [-0.1, -0.05) is 24.3 Å². The number of nitrogens with one attached hydrogen (secondary N) is 1. The van der Waals surface area contributed by atoms with Crippen molar-refractivity contribution in [1.82, 2.24) is 0 Å². The van der Waals surface area contributed by atoms with Gasteiger partial charge in [0, 0.05) is 11.8 Å². The van der Waals surface area contributed by atoms with Crippen molar-refractivity contribution in [2.75, 3.05) is 11.9 Å². The molecule has 0 bridgehead atoms. The molecule has 25 heavy (non-hydrogen) atoms. The Balaban J connectivity index is 0.00000225. The minimum absolute atomic E-state index is 0. The molecule has 3 aromatic rings. The molecule has 0 radical (unpaired) electrons. The quantitative estimate of drug-likeness (QED) is 0.729. The fourth-order valence-corrected chi connectivity index (χ4v) is 2.28. The van der Waals surface area contributed by atoms with Crippen LogP contribution in [-0.2, 0) is 11.3 Å². The van der Waals surface area contributed by atoms with Crippen molar-refractivity contribution in [2.24, 2.45) is 5.73 Å². The summed E-state index contributed by atoms with van der Waals surface area (Å²) in [6.07, 6.45) is 0. The van der Waals surface area contributed by atoms with E-state index in [9.17, 15) is 9.59 Å². The van der Waals surface area contributed by atoms with Crippen LogP contribution in [0, 0.1) is 0 Å². The maximum atomic E-state index is 12.0. The number of rotatable bonds is 5. The van der Waals surface area contributed by atoms with Crippen molar-refractivity contribution in [2.45, 2.75) is 6.54 Å². The van der Waals surface area contributed by atoms with E-state index < -0.39 is 0 Å². The van der Waals surface area contributed by atoms with Crippen molar-refractivity contribution < 1.29 is 13.9 Å². The van der Waals surface area contributed by atoms with E-state index in [0.29, 0.717) is 22.6 Å². The average molecular weight is 361 g/mol. The van der Waals surface area contributed by atoms with Crippen LogP contribution in [0.2, 0.25) is 0 Å². The number of carbonyl (C=O) groups excluding carboxylic acids is 1. The summed E-state index contributed by atoms with van der Waals surface area (Å²) < 4.78 is 11.1. The molecule has 2 aromatic carbocycles. The van der Waals surface area contributed by atoms with E-state index >= 15 is 0 Å². The number of nitrogens with two attached hydrogens (primary N) is 1. The second-order valence-corrected chi connectivity index (χ2v) is 5.12. The Labute approximate surface area is 150 Å². The largest absolute Gasteiger partial charge is 0.480 e. The topological polar surface area (TPSA) is 94.6 Å². The Kier molecular flexibility index (Phi) is 6.16. The Hall–Kier alpha value is -2.83. The standard InChI is InChI=1S/C18H16N2O4.ClH/c19-10-13-9-15(21)14-7-4-8-16(18(14)24-13)23-11-17(22)20-12-5-2-1-3-6-12;/h1-9H,10-11,19H2,(H,20,22);1H. The van der Waals surface area contributed by atoms with Crippen molar-refractivity contribution in [3.63, 3.8) is 0 Å². The van der Waals surface area contributed by atoms with E-state index in [1.165, 1.54) is 6.07 Å². The highest BCUT2D eigenvalue weighted by Gasteiger charge is 2.11. The van der Waals surface area contributed by atoms with Gasteiger partial charge in [-0.15, -0.1) is 12.4 Å². The smallest absolute Gasteiger partial charge is 0.262 e. The number of hydrogen-bond acceptors (Lipinski definition) is 5. The number of amides is 1. The first-order valence-corrected chi connectivity index (χ1v) is 7.41. The molecule has 1 heterocycles. The van der Waals surface area contributed by atoms with Crippen LogP contribution < -0.4 is 21.2 Å². The number of halogens is 1. The van der Waals surface area contributed by atoms with Crippen LogP contribution in [0.15, 0.2) is 63.8 Å². The fourth-order valence-electron chi connectivity index (χ4n) is 2.28. The molecule has 0 aliphatic rings. The van der Waals surface area contributed by atoms with Gasteiger partial charge in [0.15, 0.2) is 23.4 Å². The number of carbonyl (C=O) groups is 1. The van der Waals surface area contributed by atoms with Gasteiger partial charge in [0.2, 0.25) is 0 Å². The number of para-hydroxylation sites is 2. The monoisotopic (exact) mass is 360 g/mol. The van der Waals surface area contributed by atoms with E-state index in [2.05, 4.69) is 5.32 Å². The minimum atomic E-state index is -0.310. The minimum Gasteiger partial charge on any atom is -0.480 e. The second-order valence-electron chi connectivity index (χ2n) is 5.12. The highest BCUT2D eigenvalue weighted by molar-refractivity contribution is 5.92. The third kappa shape index (κ3) is 4.37. The molecule has 0 spiro atoms. The lowest BCUT2D eigenvalue weighted by Gasteiger charge is -2.09. The molecule has 0 unspecified atom stereocenters. The fraction of sp³-hybridized carbons (Fsp3) is 0.111. The maximum Gasteiger partial charge on any atom is 0.262 e. The SMILES string of the molecule is Cl.NCc1cc(=O)c2cccc(OCC(=O)Nc3ccccc3)c2o1. The number of anilines is 1. The number of fused-ring (bicyclic) bond motifs is 1. The van der Waals surface area contributed by atoms with E-state index in [-0.39, 0.29) is 42.5 Å². The lowest BCUT2D eigenvalue weighted by Crippen LogP contribution is -2.20. The Morgan fingerprint density at radius 3 is 2.60 bits per heavy atom. The van der Waals surface area contributed by atoms with Crippen LogP contribution >= 0.6 is 12.4 Å². The normalized spacial score (nSPS) is 10.1. The lowest BCUT2D eigenvalue weighted by molar-refractivity contribution is -0.118. The van der Waals surface area contributed by atoms with Gasteiger partial charge in [0.25, 0.3) is 5.91 Å². The molecule has 0 saturated carbocycles. The summed E-state index contributed by atoms with van der Waals surface area (Å²) in [5.41, 5.74) is 6.30. The summed E-state index contributed by atoms with van der Waals surface area (Å²) in [7, 11) is 0. The van der Waals surface area contributed by atoms with Crippen LogP contribution in [0.25, 0.3) is 11.0 Å². The Morgan fingerprint density at radius 2 is 1.88 bits per heavy atom. The van der Waals surface area contributed by atoms with Crippen molar-refractivity contribution in [3.8, 4) is 5.75 Å². The predicted molar refractivity (Wildman–Crippen MR) is 98.2 cm³/mol. The summed E-state index contributed by atoms with van der Waals surface area (Å²) in [4.78, 5) is 24.0. The second kappa shape index (κ2) is 8.32. The predicted octanol–water partition coefficient (Wildman–Crippen LogP) is 2.69. The third-order valence-corrected chi connectivity index (χ3v) is 3.39. The van der Waals surface area contributed by atoms with Gasteiger partial charge in [-0.2, -0.15) is 0 Å². The Bertz CT molecular complexity index is 925. The molecule has 1 amide bonds. The molecule has 3 rings (SSSR count). The first-order chi connectivity index (χ1) is 11.7. The van der Waals surface area contributed by atoms with E-state index in [1.807, 2.05) is 18.2 Å². The van der Waals surface area contributed by atoms with Crippen LogP contribution in [0.1, 0.15) is 5.76 Å². The molecular formula is C18H17ClN2O4. The van der Waals surface area contributed by atoms with Crippen molar-refractivity contribution in [3.05, 3.63) is 70.6 Å². The number of hydrogen-bond donors (Lipinski definition) is 2. The molecule has 0 aliphatic carbocycles. The summed E-state index contributed by atoms with van der Waals surface area (Å²) in [5, 5.41) is 3.10. The zero-order valence-corrected chi connectivity index (χ0v) is 14.0. The van der Waals surface area contributed by atoms with Crippen molar-refractivity contribution in [1.29, 1.82) is 0 Å². The average Bonchev–Trinajstić information content (AvgIpc) is 2.60. The summed E-state index contributed by atoms with van der Waals surface area (Å²) in [6, 6.07) is 15.4. The van der Waals surface area contributed by atoms with Crippen molar-refractivity contribution >= 4 is 35.0 Å². The summed E-state index contributed by atoms with van der Waals surface area (Å²) in [5.74, 6) is 0.371. The zero-order chi connectivity index (χ0) is 16.9. The molecular weight excluding hydrogens is 344 g/mol. The molecule has 0 saturated heterocycles. The Morgan fingerprint density at radius 1 is 1.12 bits per heavy atom.